The molecule has 0 amide bonds. The summed E-state index contributed by atoms with van der Waals surface area (Å²) in [6.45, 7) is 3.10. The molecule has 0 saturated heterocycles. The number of hydrogen-bond acceptors (Lipinski definition) is 5. The van der Waals surface area contributed by atoms with E-state index in [1.54, 1.807) is 0 Å². The Hall–Kier alpha value is -1.27. The number of ether oxygens (including phenoxy) is 2. The zero-order valence-corrected chi connectivity index (χ0v) is 12.2. The van der Waals surface area contributed by atoms with Crippen LogP contribution in [-0.2, 0) is 16.4 Å². The first-order valence-corrected chi connectivity index (χ1v) is 8.29. The second kappa shape index (κ2) is 7.35. The first-order valence-electron chi connectivity index (χ1n) is 6.23. The maximum atomic E-state index is 11.0. The van der Waals surface area contributed by atoms with Crippen molar-refractivity contribution >= 4 is 9.84 Å². The number of rotatable bonds is 8. The van der Waals surface area contributed by atoms with Crippen LogP contribution < -0.4 is 15.2 Å². The van der Waals surface area contributed by atoms with Crippen molar-refractivity contribution in [3.63, 3.8) is 0 Å². The Kier molecular flexibility index (Phi) is 6.11. The largest absolute Gasteiger partial charge is 0.490 e. The first kappa shape index (κ1) is 15.8. The zero-order chi connectivity index (χ0) is 14.3. The van der Waals surface area contributed by atoms with Crippen molar-refractivity contribution in [2.45, 2.75) is 19.9 Å². The minimum absolute atomic E-state index is 0.113. The van der Waals surface area contributed by atoms with Crippen molar-refractivity contribution in [1.29, 1.82) is 0 Å². The number of sulfone groups is 1. The average Bonchev–Trinajstić information content (AvgIpc) is 2.35. The smallest absolute Gasteiger partial charge is 0.165 e. The van der Waals surface area contributed by atoms with E-state index >= 15 is 0 Å². The molecule has 0 bridgehead atoms. The van der Waals surface area contributed by atoms with Gasteiger partial charge in [-0.25, -0.2) is 8.42 Å². The Morgan fingerprint density at radius 2 is 2.00 bits per heavy atom. The number of benzene rings is 1. The molecule has 2 N–H and O–H groups in total. The van der Waals surface area contributed by atoms with Crippen LogP contribution in [0.1, 0.15) is 18.9 Å². The summed E-state index contributed by atoms with van der Waals surface area (Å²) in [4.78, 5) is 0. The minimum atomic E-state index is -2.95. The molecule has 0 aliphatic rings. The maximum absolute atomic E-state index is 11.0. The average molecular weight is 287 g/mol. The first-order chi connectivity index (χ1) is 8.98. The van der Waals surface area contributed by atoms with Gasteiger partial charge in [0.2, 0.25) is 0 Å². The molecule has 0 aromatic heterocycles. The Labute approximate surface area is 114 Å². The van der Waals surface area contributed by atoms with Gasteiger partial charge in [-0.2, -0.15) is 0 Å². The molecule has 1 aromatic carbocycles. The third-order valence-corrected chi connectivity index (χ3v) is 3.52. The third kappa shape index (κ3) is 5.48. The van der Waals surface area contributed by atoms with Crippen LogP contribution in [0, 0.1) is 0 Å². The molecule has 6 heteroatoms. The van der Waals surface area contributed by atoms with Crippen LogP contribution >= 0.6 is 0 Å². The monoisotopic (exact) mass is 287 g/mol. The SMILES string of the molecule is CCOc1cccc(CN)c1OCCCS(C)(=O)=O. The van der Waals surface area contributed by atoms with Crippen LogP contribution in [0.25, 0.3) is 0 Å². The molecule has 0 heterocycles. The molecule has 19 heavy (non-hydrogen) atoms. The van der Waals surface area contributed by atoms with Gasteiger partial charge in [0.1, 0.15) is 9.84 Å². The van der Waals surface area contributed by atoms with Crippen LogP contribution in [0.5, 0.6) is 11.5 Å². The van der Waals surface area contributed by atoms with E-state index in [0.717, 1.165) is 5.56 Å². The molecule has 0 aliphatic carbocycles. The van der Waals surface area contributed by atoms with Crippen molar-refractivity contribution in [2.24, 2.45) is 5.73 Å². The van der Waals surface area contributed by atoms with Gasteiger partial charge in [-0.15, -0.1) is 0 Å². The van der Waals surface area contributed by atoms with E-state index in [9.17, 15) is 8.42 Å². The predicted octanol–water partition coefficient (Wildman–Crippen LogP) is 1.36. The molecule has 0 unspecified atom stereocenters. The van der Waals surface area contributed by atoms with E-state index in [1.165, 1.54) is 6.26 Å². The number of hydrogen-bond donors (Lipinski definition) is 1. The highest BCUT2D eigenvalue weighted by Gasteiger charge is 2.10. The van der Waals surface area contributed by atoms with E-state index < -0.39 is 9.84 Å². The van der Waals surface area contributed by atoms with Gasteiger partial charge in [-0.1, -0.05) is 12.1 Å². The summed E-state index contributed by atoms with van der Waals surface area (Å²) in [5.74, 6) is 1.37. The van der Waals surface area contributed by atoms with Crippen LogP contribution in [0.4, 0.5) is 0 Å². The summed E-state index contributed by atoms with van der Waals surface area (Å²) in [5.41, 5.74) is 6.51. The topological polar surface area (TPSA) is 78.6 Å². The lowest BCUT2D eigenvalue weighted by molar-refractivity contribution is 0.274. The molecule has 0 atom stereocenters. The quantitative estimate of drug-likeness (QED) is 0.730. The van der Waals surface area contributed by atoms with Crippen LogP contribution in [-0.4, -0.2) is 33.6 Å². The highest BCUT2D eigenvalue weighted by atomic mass is 32.2. The van der Waals surface area contributed by atoms with Crippen molar-refractivity contribution in [3.05, 3.63) is 23.8 Å². The van der Waals surface area contributed by atoms with E-state index in [-0.39, 0.29) is 5.75 Å². The molecule has 0 fully saturated rings. The normalized spacial score (nSPS) is 11.3. The Balaban J connectivity index is 2.69. The van der Waals surface area contributed by atoms with E-state index in [1.807, 2.05) is 25.1 Å². The fourth-order valence-electron chi connectivity index (χ4n) is 1.65. The highest BCUT2D eigenvalue weighted by molar-refractivity contribution is 7.90. The minimum Gasteiger partial charge on any atom is -0.490 e. The summed E-state index contributed by atoms with van der Waals surface area (Å²) >= 11 is 0. The van der Waals surface area contributed by atoms with Gasteiger partial charge >= 0.3 is 0 Å². The van der Waals surface area contributed by atoms with Crippen molar-refractivity contribution in [3.8, 4) is 11.5 Å². The molecule has 1 rings (SSSR count). The highest BCUT2D eigenvalue weighted by Crippen LogP contribution is 2.31. The second-order valence-electron chi connectivity index (χ2n) is 4.21. The summed E-state index contributed by atoms with van der Waals surface area (Å²) in [6, 6.07) is 5.54. The number of nitrogens with two attached hydrogens (primary N) is 1. The second-order valence-corrected chi connectivity index (χ2v) is 6.47. The molecule has 0 aliphatic heterocycles. The fraction of sp³-hybridized carbons (Fsp3) is 0.538. The Bertz CT molecular complexity index is 499. The van der Waals surface area contributed by atoms with Crippen LogP contribution in [0.3, 0.4) is 0 Å². The van der Waals surface area contributed by atoms with Gasteiger partial charge in [0.25, 0.3) is 0 Å². The molecule has 108 valence electrons. The van der Waals surface area contributed by atoms with Gasteiger partial charge < -0.3 is 15.2 Å². The van der Waals surface area contributed by atoms with Crippen molar-refractivity contribution in [1.82, 2.24) is 0 Å². The lowest BCUT2D eigenvalue weighted by Crippen LogP contribution is -2.10. The standard InChI is InChI=1S/C13H21NO4S/c1-3-17-12-7-4-6-11(10-14)13(12)18-8-5-9-19(2,15)16/h4,6-7H,3,5,8-10,14H2,1-2H3. The predicted molar refractivity (Wildman–Crippen MR) is 75.3 cm³/mol. The molecule has 0 radical (unpaired) electrons. The van der Waals surface area contributed by atoms with Crippen molar-refractivity contribution < 1.29 is 17.9 Å². The fourth-order valence-corrected chi connectivity index (χ4v) is 2.29. The van der Waals surface area contributed by atoms with Gasteiger partial charge in [0.15, 0.2) is 11.5 Å². The van der Waals surface area contributed by atoms with E-state index in [4.69, 9.17) is 15.2 Å². The summed E-state index contributed by atoms with van der Waals surface area (Å²) in [7, 11) is -2.95. The third-order valence-electron chi connectivity index (χ3n) is 2.49. The summed E-state index contributed by atoms with van der Waals surface area (Å²) in [6.07, 6.45) is 1.66. The van der Waals surface area contributed by atoms with Crippen LogP contribution in [0.2, 0.25) is 0 Å². The zero-order valence-electron chi connectivity index (χ0n) is 11.4. The molecule has 0 spiro atoms. The molecule has 0 saturated carbocycles. The van der Waals surface area contributed by atoms with Gasteiger partial charge in [0.05, 0.1) is 19.0 Å². The molecule has 1 aromatic rings. The Morgan fingerprint density at radius 3 is 2.58 bits per heavy atom. The van der Waals surface area contributed by atoms with E-state index in [2.05, 4.69) is 0 Å². The lowest BCUT2D eigenvalue weighted by Gasteiger charge is -2.15. The van der Waals surface area contributed by atoms with Crippen molar-refractivity contribution in [2.75, 3.05) is 25.2 Å². The maximum Gasteiger partial charge on any atom is 0.165 e. The van der Waals surface area contributed by atoms with E-state index in [0.29, 0.717) is 37.7 Å². The summed E-state index contributed by atoms with van der Waals surface area (Å²) < 4.78 is 33.2. The van der Waals surface area contributed by atoms with Crippen LogP contribution in [0.15, 0.2) is 18.2 Å². The van der Waals surface area contributed by atoms with Gasteiger partial charge in [0, 0.05) is 18.4 Å². The molecular formula is C13H21NO4S. The number of para-hydroxylation sites is 1. The molecular weight excluding hydrogens is 266 g/mol. The van der Waals surface area contributed by atoms with Gasteiger partial charge in [-0.05, 0) is 19.4 Å². The van der Waals surface area contributed by atoms with Gasteiger partial charge in [-0.3, -0.25) is 0 Å². The summed E-state index contributed by atoms with van der Waals surface area (Å²) in [5, 5.41) is 0. The lowest BCUT2D eigenvalue weighted by atomic mass is 10.2. The molecule has 5 nitrogen and oxygen atoms in total. The Morgan fingerprint density at radius 1 is 1.26 bits per heavy atom.